The van der Waals surface area contributed by atoms with Crippen molar-refractivity contribution in [1.29, 1.82) is 5.26 Å². The Morgan fingerprint density at radius 3 is 2.42 bits per heavy atom. The van der Waals surface area contributed by atoms with Crippen molar-refractivity contribution in [3.63, 3.8) is 0 Å². The highest BCUT2D eigenvalue weighted by atomic mass is 16.6. The maximum Gasteiger partial charge on any atom is 0.344 e. The van der Waals surface area contributed by atoms with Gasteiger partial charge < -0.3 is 19.1 Å². The lowest BCUT2D eigenvalue weighted by Crippen LogP contribution is -2.28. The lowest BCUT2D eigenvalue weighted by Gasteiger charge is -2.17. The van der Waals surface area contributed by atoms with Gasteiger partial charge in [0.2, 0.25) is 5.91 Å². The van der Waals surface area contributed by atoms with Gasteiger partial charge in [0.1, 0.15) is 6.61 Å². The van der Waals surface area contributed by atoms with Gasteiger partial charge >= 0.3 is 5.97 Å². The normalized spacial score (nSPS) is 10.8. The van der Waals surface area contributed by atoms with Crippen molar-refractivity contribution in [3.05, 3.63) is 65.2 Å². The number of esters is 1. The first-order valence-electron chi connectivity index (χ1n) is 10.9. The number of hydrogen-bond acceptors (Lipinski definition) is 6. The van der Waals surface area contributed by atoms with E-state index in [1.165, 1.54) is 0 Å². The Bertz CT molecular complexity index is 1040. The molecule has 0 N–H and O–H groups in total. The fourth-order valence-electron chi connectivity index (χ4n) is 3.13. The number of carbonyl (C=O) groups excluding carboxylic acids is 2. The zero-order valence-electron chi connectivity index (χ0n) is 19.6. The molecule has 174 valence electrons. The molecule has 33 heavy (non-hydrogen) atoms. The number of nitriles is 1. The minimum Gasteiger partial charge on any atom is -0.485 e. The van der Waals surface area contributed by atoms with Gasteiger partial charge in [0.05, 0.1) is 18.2 Å². The molecule has 0 heterocycles. The molecule has 0 atom stereocenters. The monoisotopic (exact) mass is 450 g/mol. The van der Waals surface area contributed by atoms with E-state index >= 15 is 0 Å². The number of ether oxygens (including phenoxy) is 3. The smallest absolute Gasteiger partial charge is 0.344 e. The van der Waals surface area contributed by atoms with Crippen LogP contribution in [-0.2, 0) is 20.9 Å². The molecule has 2 aromatic rings. The highest BCUT2D eigenvalue weighted by molar-refractivity contribution is 5.95. The predicted molar refractivity (Wildman–Crippen MR) is 126 cm³/mol. The molecule has 0 fully saturated rings. The summed E-state index contributed by atoms with van der Waals surface area (Å²) >= 11 is 0. The summed E-state index contributed by atoms with van der Waals surface area (Å²) in [4.78, 5) is 26.0. The average molecular weight is 451 g/mol. The topological polar surface area (TPSA) is 88.9 Å². The molecule has 0 spiro atoms. The van der Waals surface area contributed by atoms with E-state index in [4.69, 9.17) is 14.2 Å². The summed E-state index contributed by atoms with van der Waals surface area (Å²) in [6.45, 7) is 8.83. The van der Waals surface area contributed by atoms with Gasteiger partial charge in [-0.2, -0.15) is 5.26 Å². The maximum atomic E-state index is 12.5. The van der Waals surface area contributed by atoms with Crippen LogP contribution in [0.1, 0.15) is 44.4 Å². The van der Waals surface area contributed by atoms with E-state index in [2.05, 4.69) is 6.07 Å². The average Bonchev–Trinajstić information content (AvgIpc) is 2.82. The Balaban J connectivity index is 2.30. The Labute approximate surface area is 195 Å². The third-order valence-electron chi connectivity index (χ3n) is 4.99. The van der Waals surface area contributed by atoms with Crippen molar-refractivity contribution in [2.45, 2.75) is 34.3 Å². The largest absolute Gasteiger partial charge is 0.485 e. The predicted octanol–water partition coefficient (Wildman–Crippen LogP) is 4.35. The summed E-state index contributed by atoms with van der Waals surface area (Å²) in [6, 6.07) is 14.6. The van der Waals surface area contributed by atoms with E-state index in [0.29, 0.717) is 30.2 Å². The van der Waals surface area contributed by atoms with E-state index in [1.807, 2.05) is 39.0 Å². The van der Waals surface area contributed by atoms with E-state index in [9.17, 15) is 14.9 Å². The SMILES string of the molecule is CCOC(=O)COc1cc(C(C)=CC(=O)N(CC)CC)ccc1OCc1ccccc1C#N. The molecule has 0 saturated heterocycles. The molecule has 7 nitrogen and oxygen atoms in total. The number of carbonyl (C=O) groups is 2. The molecule has 0 saturated carbocycles. The van der Waals surface area contributed by atoms with Crippen LogP contribution in [-0.4, -0.2) is 43.1 Å². The van der Waals surface area contributed by atoms with Gasteiger partial charge in [0.25, 0.3) is 0 Å². The number of rotatable bonds is 11. The zero-order valence-corrected chi connectivity index (χ0v) is 19.6. The second-order valence-electron chi connectivity index (χ2n) is 7.15. The van der Waals surface area contributed by atoms with Crippen molar-refractivity contribution in [3.8, 4) is 17.6 Å². The molecule has 2 aromatic carbocycles. The first-order chi connectivity index (χ1) is 15.9. The molecule has 0 bridgehead atoms. The summed E-state index contributed by atoms with van der Waals surface area (Å²) in [7, 11) is 0. The van der Waals surface area contributed by atoms with Crippen LogP contribution in [0.2, 0.25) is 0 Å². The van der Waals surface area contributed by atoms with Gasteiger partial charge in [-0.05, 0) is 57.0 Å². The van der Waals surface area contributed by atoms with Crippen LogP contribution in [0.4, 0.5) is 0 Å². The van der Waals surface area contributed by atoms with Gasteiger partial charge in [-0.25, -0.2) is 4.79 Å². The van der Waals surface area contributed by atoms with Gasteiger partial charge in [-0.3, -0.25) is 4.79 Å². The van der Waals surface area contributed by atoms with Crippen LogP contribution in [0.5, 0.6) is 11.5 Å². The second kappa shape index (κ2) is 12.9. The van der Waals surface area contributed by atoms with E-state index in [0.717, 1.165) is 16.7 Å². The summed E-state index contributed by atoms with van der Waals surface area (Å²) in [5, 5.41) is 9.29. The minimum absolute atomic E-state index is 0.0695. The van der Waals surface area contributed by atoms with Gasteiger partial charge in [-0.1, -0.05) is 24.3 Å². The van der Waals surface area contributed by atoms with Crippen molar-refractivity contribution in [1.82, 2.24) is 4.90 Å². The molecule has 2 rings (SSSR count). The Kier molecular flexibility index (Phi) is 9.97. The Morgan fingerprint density at radius 1 is 1.03 bits per heavy atom. The quantitative estimate of drug-likeness (QED) is 0.374. The van der Waals surface area contributed by atoms with Crippen LogP contribution in [0, 0.1) is 11.3 Å². The molecule has 0 aliphatic heterocycles. The molecule has 0 aliphatic carbocycles. The van der Waals surface area contributed by atoms with Crippen LogP contribution in [0.3, 0.4) is 0 Å². The number of allylic oxidation sites excluding steroid dienone is 1. The number of nitrogens with zero attached hydrogens (tertiary/aromatic N) is 2. The first-order valence-corrected chi connectivity index (χ1v) is 10.9. The van der Waals surface area contributed by atoms with Crippen molar-refractivity contribution in [2.24, 2.45) is 0 Å². The molecule has 0 radical (unpaired) electrons. The molecule has 0 aromatic heterocycles. The van der Waals surface area contributed by atoms with Crippen LogP contribution in [0.25, 0.3) is 5.57 Å². The highest BCUT2D eigenvalue weighted by Gasteiger charge is 2.13. The molecule has 0 aliphatic rings. The lowest BCUT2D eigenvalue weighted by atomic mass is 10.1. The van der Waals surface area contributed by atoms with Gasteiger partial charge in [0, 0.05) is 24.7 Å². The summed E-state index contributed by atoms with van der Waals surface area (Å²) < 4.78 is 16.6. The standard InChI is InChI=1S/C26H30N2O5/c1-5-28(6-2)25(29)14-19(4)20-12-13-23(24(15-20)33-18-26(30)31-7-3)32-17-22-11-9-8-10-21(22)16-27/h8-15H,5-7,17-18H2,1-4H3. The lowest BCUT2D eigenvalue weighted by molar-refractivity contribution is -0.145. The Hall–Kier alpha value is -3.79. The second-order valence-corrected chi connectivity index (χ2v) is 7.15. The fraction of sp³-hybridized carbons (Fsp3) is 0.346. The minimum atomic E-state index is -0.493. The first kappa shape index (κ1) is 25.5. The van der Waals surface area contributed by atoms with Crippen LogP contribution in [0.15, 0.2) is 48.5 Å². The zero-order chi connectivity index (χ0) is 24.2. The number of hydrogen-bond donors (Lipinski definition) is 0. The molecule has 0 unspecified atom stereocenters. The Morgan fingerprint density at radius 2 is 1.76 bits per heavy atom. The molecular weight excluding hydrogens is 420 g/mol. The van der Waals surface area contributed by atoms with E-state index in [1.54, 1.807) is 42.2 Å². The van der Waals surface area contributed by atoms with Crippen LogP contribution >= 0.6 is 0 Å². The van der Waals surface area contributed by atoms with E-state index < -0.39 is 5.97 Å². The summed E-state index contributed by atoms with van der Waals surface area (Å²) in [6.07, 6.45) is 1.58. The third kappa shape index (κ3) is 7.39. The number of benzene rings is 2. The van der Waals surface area contributed by atoms with Gasteiger partial charge in [0.15, 0.2) is 18.1 Å². The summed E-state index contributed by atoms with van der Waals surface area (Å²) in [5.41, 5.74) is 2.78. The molecule has 1 amide bonds. The molecular formula is C26H30N2O5. The van der Waals surface area contributed by atoms with E-state index in [-0.39, 0.29) is 25.7 Å². The van der Waals surface area contributed by atoms with Crippen molar-refractivity contribution < 1.29 is 23.8 Å². The van der Waals surface area contributed by atoms with Crippen LogP contribution < -0.4 is 9.47 Å². The fourth-order valence-corrected chi connectivity index (χ4v) is 3.13. The van der Waals surface area contributed by atoms with Crippen molar-refractivity contribution >= 4 is 17.4 Å². The maximum absolute atomic E-state index is 12.5. The number of likely N-dealkylation sites (N-methyl/N-ethyl adjacent to an activating group) is 1. The highest BCUT2D eigenvalue weighted by Crippen LogP contribution is 2.32. The third-order valence-corrected chi connectivity index (χ3v) is 4.99. The number of amides is 1. The molecule has 7 heteroatoms. The van der Waals surface area contributed by atoms with Gasteiger partial charge in [-0.15, -0.1) is 0 Å². The summed E-state index contributed by atoms with van der Waals surface area (Å²) in [5.74, 6) is 0.198. The van der Waals surface area contributed by atoms with Crippen molar-refractivity contribution in [2.75, 3.05) is 26.3 Å².